The average molecular weight is 213 g/mol. The van der Waals surface area contributed by atoms with Crippen molar-refractivity contribution in [3.8, 4) is 0 Å². The maximum Gasteiger partial charge on any atom is 0.240 e. The molecule has 1 saturated heterocycles. The minimum absolute atomic E-state index is 0.0503. The van der Waals surface area contributed by atoms with Crippen molar-refractivity contribution in [1.29, 1.82) is 0 Å². The summed E-state index contributed by atoms with van der Waals surface area (Å²) in [6, 6.07) is -0.534. The zero-order valence-corrected chi connectivity index (χ0v) is 9.11. The zero-order valence-electron chi connectivity index (χ0n) is 9.11. The maximum absolute atomic E-state index is 11.8. The molecular formula is C10H19N3O2. The second-order valence-electron chi connectivity index (χ2n) is 4.02. The van der Waals surface area contributed by atoms with E-state index in [0.717, 1.165) is 12.8 Å². The molecule has 2 unspecified atom stereocenters. The van der Waals surface area contributed by atoms with E-state index < -0.39 is 11.9 Å². The van der Waals surface area contributed by atoms with Gasteiger partial charge in [-0.1, -0.05) is 6.92 Å². The molecule has 1 rings (SSSR count). The molecule has 0 bridgehead atoms. The van der Waals surface area contributed by atoms with Gasteiger partial charge in [0.15, 0.2) is 0 Å². The highest BCUT2D eigenvalue weighted by atomic mass is 16.2. The number of likely N-dealkylation sites (tertiary alicyclic amines) is 1. The monoisotopic (exact) mass is 213 g/mol. The Morgan fingerprint density at radius 2 is 2.20 bits per heavy atom. The molecule has 0 aliphatic carbocycles. The SMILES string of the molecule is CCC(N)CC(=O)N1CCCC1C(N)=O. The van der Waals surface area contributed by atoms with Gasteiger partial charge in [0.25, 0.3) is 0 Å². The van der Waals surface area contributed by atoms with E-state index in [0.29, 0.717) is 19.4 Å². The van der Waals surface area contributed by atoms with Crippen LogP contribution in [0.2, 0.25) is 0 Å². The van der Waals surface area contributed by atoms with Crippen LogP contribution in [0.3, 0.4) is 0 Å². The highest BCUT2D eigenvalue weighted by Crippen LogP contribution is 2.18. The number of nitrogens with two attached hydrogens (primary N) is 2. The van der Waals surface area contributed by atoms with E-state index in [1.807, 2.05) is 6.92 Å². The molecule has 86 valence electrons. The minimum atomic E-state index is -0.415. The fourth-order valence-electron chi connectivity index (χ4n) is 1.85. The fourth-order valence-corrected chi connectivity index (χ4v) is 1.85. The third-order valence-corrected chi connectivity index (χ3v) is 2.86. The lowest BCUT2D eigenvalue weighted by molar-refractivity contribution is -0.137. The molecular weight excluding hydrogens is 194 g/mol. The number of nitrogens with zero attached hydrogens (tertiary/aromatic N) is 1. The number of carbonyl (C=O) groups excluding carboxylic acids is 2. The van der Waals surface area contributed by atoms with Crippen molar-refractivity contribution in [1.82, 2.24) is 4.90 Å². The van der Waals surface area contributed by atoms with Crippen molar-refractivity contribution in [3.05, 3.63) is 0 Å². The van der Waals surface area contributed by atoms with Crippen LogP contribution in [0.25, 0.3) is 0 Å². The van der Waals surface area contributed by atoms with E-state index >= 15 is 0 Å². The van der Waals surface area contributed by atoms with Crippen LogP contribution in [0.1, 0.15) is 32.6 Å². The molecule has 1 fully saturated rings. The summed E-state index contributed by atoms with van der Waals surface area (Å²) in [5.41, 5.74) is 10.9. The van der Waals surface area contributed by atoms with Gasteiger partial charge < -0.3 is 16.4 Å². The predicted molar refractivity (Wildman–Crippen MR) is 56.8 cm³/mol. The summed E-state index contributed by atoms with van der Waals surface area (Å²) < 4.78 is 0. The van der Waals surface area contributed by atoms with Crippen LogP contribution in [-0.2, 0) is 9.59 Å². The molecule has 4 N–H and O–H groups in total. The highest BCUT2D eigenvalue weighted by Gasteiger charge is 2.32. The van der Waals surface area contributed by atoms with E-state index in [-0.39, 0.29) is 11.9 Å². The molecule has 15 heavy (non-hydrogen) atoms. The molecule has 1 heterocycles. The lowest BCUT2D eigenvalue weighted by Gasteiger charge is -2.23. The Labute approximate surface area is 89.8 Å². The molecule has 2 amide bonds. The smallest absolute Gasteiger partial charge is 0.240 e. The minimum Gasteiger partial charge on any atom is -0.368 e. The molecule has 1 aliphatic heterocycles. The van der Waals surface area contributed by atoms with Gasteiger partial charge in [0.2, 0.25) is 11.8 Å². The Bertz CT molecular complexity index is 255. The third-order valence-electron chi connectivity index (χ3n) is 2.86. The Morgan fingerprint density at radius 3 is 2.73 bits per heavy atom. The summed E-state index contributed by atoms with van der Waals surface area (Å²) in [4.78, 5) is 24.4. The molecule has 0 radical (unpaired) electrons. The Hall–Kier alpha value is -1.10. The number of carbonyl (C=O) groups is 2. The molecule has 0 spiro atoms. The molecule has 0 saturated carbocycles. The van der Waals surface area contributed by atoms with E-state index in [4.69, 9.17) is 11.5 Å². The summed E-state index contributed by atoms with van der Waals surface area (Å²) in [5.74, 6) is -0.462. The van der Waals surface area contributed by atoms with Crippen LogP contribution < -0.4 is 11.5 Å². The summed E-state index contributed by atoms with van der Waals surface area (Å²) >= 11 is 0. The normalized spacial score (nSPS) is 22.8. The number of primary amides is 1. The van der Waals surface area contributed by atoms with Crippen LogP contribution in [0.4, 0.5) is 0 Å². The molecule has 0 aromatic heterocycles. The van der Waals surface area contributed by atoms with Crippen LogP contribution in [-0.4, -0.2) is 35.3 Å². The third kappa shape index (κ3) is 2.92. The van der Waals surface area contributed by atoms with Gasteiger partial charge in [-0.15, -0.1) is 0 Å². The van der Waals surface area contributed by atoms with Gasteiger partial charge in [-0.05, 0) is 19.3 Å². The second kappa shape index (κ2) is 5.11. The Balaban J connectivity index is 2.55. The maximum atomic E-state index is 11.8. The summed E-state index contributed by atoms with van der Waals surface area (Å²) in [6.45, 7) is 2.57. The van der Waals surface area contributed by atoms with Crippen molar-refractivity contribution in [2.45, 2.75) is 44.7 Å². The van der Waals surface area contributed by atoms with Crippen LogP contribution >= 0.6 is 0 Å². The van der Waals surface area contributed by atoms with Crippen molar-refractivity contribution < 1.29 is 9.59 Å². The summed E-state index contributed by atoms with van der Waals surface area (Å²) in [5, 5.41) is 0. The highest BCUT2D eigenvalue weighted by molar-refractivity contribution is 5.87. The van der Waals surface area contributed by atoms with Crippen molar-refractivity contribution >= 4 is 11.8 Å². The number of hydrogen-bond donors (Lipinski definition) is 2. The lowest BCUT2D eigenvalue weighted by Crippen LogP contribution is -2.45. The van der Waals surface area contributed by atoms with Gasteiger partial charge in [0.1, 0.15) is 6.04 Å². The topological polar surface area (TPSA) is 89.4 Å². The molecule has 0 aromatic carbocycles. The Morgan fingerprint density at radius 1 is 1.53 bits per heavy atom. The number of amides is 2. The van der Waals surface area contributed by atoms with E-state index in [1.165, 1.54) is 0 Å². The van der Waals surface area contributed by atoms with Crippen LogP contribution in [0, 0.1) is 0 Å². The number of rotatable bonds is 4. The summed E-state index contributed by atoms with van der Waals surface area (Å²) in [7, 11) is 0. The van der Waals surface area contributed by atoms with Crippen molar-refractivity contribution in [2.24, 2.45) is 11.5 Å². The van der Waals surface area contributed by atoms with Crippen LogP contribution in [0.5, 0.6) is 0 Å². The largest absolute Gasteiger partial charge is 0.368 e. The second-order valence-corrected chi connectivity index (χ2v) is 4.02. The summed E-state index contributed by atoms with van der Waals surface area (Å²) in [6.07, 6.45) is 2.60. The van der Waals surface area contributed by atoms with Gasteiger partial charge in [-0.2, -0.15) is 0 Å². The zero-order chi connectivity index (χ0) is 11.4. The van der Waals surface area contributed by atoms with Gasteiger partial charge in [0, 0.05) is 19.0 Å². The molecule has 5 nitrogen and oxygen atoms in total. The molecule has 2 atom stereocenters. The number of hydrogen-bond acceptors (Lipinski definition) is 3. The van der Waals surface area contributed by atoms with E-state index in [2.05, 4.69) is 0 Å². The van der Waals surface area contributed by atoms with Crippen molar-refractivity contribution in [3.63, 3.8) is 0 Å². The first-order valence-corrected chi connectivity index (χ1v) is 5.40. The Kier molecular flexibility index (Phi) is 4.08. The van der Waals surface area contributed by atoms with Crippen LogP contribution in [0.15, 0.2) is 0 Å². The van der Waals surface area contributed by atoms with Gasteiger partial charge in [-0.25, -0.2) is 0 Å². The molecule has 1 aliphatic rings. The van der Waals surface area contributed by atoms with Gasteiger partial charge in [-0.3, -0.25) is 9.59 Å². The first kappa shape index (κ1) is 12.0. The quantitative estimate of drug-likeness (QED) is 0.665. The fraction of sp³-hybridized carbons (Fsp3) is 0.800. The van der Waals surface area contributed by atoms with E-state index in [9.17, 15) is 9.59 Å². The lowest BCUT2D eigenvalue weighted by atomic mass is 10.1. The van der Waals surface area contributed by atoms with Gasteiger partial charge in [0.05, 0.1) is 0 Å². The standard InChI is InChI=1S/C10H19N3O2/c1-2-7(11)6-9(14)13-5-3-4-8(13)10(12)15/h7-8H,2-6,11H2,1H3,(H2,12,15). The van der Waals surface area contributed by atoms with E-state index in [1.54, 1.807) is 4.90 Å². The molecule has 5 heteroatoms. The first-order chi connectivity index (χ1) is 7.06. The molecule has 0 aromatic rings. The predicted octanol–water partition coefficient (Wildman–Crippen LogP) is -0.410. The first-order valence-electron chi connectivity index (χ1n) is 5.40. The average Bonchev–Trinajstić information content (AvgIpc) is 2.65. The van der Waals surface area contributed by atoms with Crippen molar-refractivity contribution in [2.75, 3.05) is 6.54 Å². The van der Waals surface area contributed by atoms with Gasteiger partial charge >= 0.3 is 0 Å².